The maximum Gasteiger partial charge on any atom is 0.270 e. The van der Waals surface area contributed by atoms with Gasteiger partial charge in [-0.15, -0.1) is 0 Å². The molecular weight excluding hydrogens is 448 g/mol. The molecule has 1 aliphatic heterocycles. The van der Waals surface area contributed by atoms with Gasteiger partial charge in [0.05, 0.1) is 6.61 Å². The van der Waals surface area contributed by atoms with Crippen LogP contribution in [-0.2, 0) is 7.05 Å². The fourth-order valence-corrected chi connectivity index (χ4v) is 6.18. The molecule has 1 aliphatic carbocycles. The van der Waals surface area contributed by atoms with Gasteiger partial charge in [-0.05, 0) is 50.0 Å². The summed E-state index contributed by atoms with van der Waals surface area (Å²) < 4.78 is 7.03. The molecule has 2 atom stereocenters. The average molecular weight is 479 g/mol. The van der Waals surface area contributed by atoms with Gasteiger partial charge >= 0.3 is 0 Å². The first-order valence-corrected chi connectivity index (χ1v) is 12.3. The second-order valence-electron chi connectivity index (χ2n) is 8.84. The van der Waals surface area contributed by atoms with E-state index in [9.17, 15) is 4.79 Å². The van der Waals surface area contributed by atoms with Crippen LogP contribution in [-0.4, -0.2) is 40.3 Å². The quantitative estimate of drug-likeness (QED) is 0.673. The minimum atomic E-state index is -0.199. The van der Waals surface area contributed by atoms with Crippen molar-refractivity contribution in [3.8, 4) is 5.88 Å². The van der Waals surface area contributed by atoms with Crippen molar-refractivity contribution in [1.29, 1.82) is 0 Å². The van der Waals surface area contributed by atoms with Crippen molar-refractivity contribution in [2.45, 2.75) is 55.4 Å². The van der Waals surface area contributed by atoms with Gasteiger partial charge in [0.1, 0.15) is 15.7 Å². The molecule has 0 amide bonds. The van der Waals surface area contributed by atoms with Gasteiger partial charge in [0.15, 0.2) is 0 Å². The highest BCUT2D eigenvalue weighted by Crippen LogP contribution is 2.48. The third kappa shape index (κ3) is 4.06. The molecule has 174 valence electrons. The predicted octanol–water partition coefficient (Wildman–Crippen LogP) is 3.30. The number of aromatic nitrogens is 3. The molecule has 10 heteroatoms. The highest BCUT2D eigenvalue weighted by Gasteiger charge is 2.46. The molecule has 0 radical (unpaired) electrons. The summed E-state index contributed by atoms with van der Waals surface area (Å²) in [5, 5.41) is 0.355. The molecule has 1 saturated heterocycles. The molecule has 4 rings (SSSR count). The number of nitrogens with two attached hydrogens (primary N) is 2. The van der Waals surface area contributed by atoms with E-state index in [1.54, 1.807) is 23.9 Å². The van der Waals surface area contributed by atoms with Gasteiger partial charge in [-0.2, -0.15) is 4.98 Å². The topological polar surface area (TPSA) is 112 Å². The third-order valence-electron chi connectivity index (χ3n) is 7.03. The minimum Gasteiger partial charge on any atom is -0.477 e. The number of piperidine rings is 1. The Kier molecular flexibility index (Phi) is 6.61. The molecule has 32 heavy (non-hydrogen) atoms. The van der Waals surface area contributed by atoms with Crippen LogP contribution in [0.1, 0.15) is 39.5 Å². The normalized spacial score (nSPS) is 22.5. The zero-order valence-corrected chi connectivity index (χ0v) is 20.4. The molecule has 2 fully saturated rings. The molecule has 0 unspecified atom stereocenters. The first-order chi connectivity index (χ1) is 15.3. The van der Waals surface area contributed by atoms with Crippen molar-refractivity contribution in [2.24, 2.45) is 24.1 Å². The number of anilines is 2. The van der Waals surface area contributed by atoms with Crippen LogP contribution in [0.4, 0.5) is 11.8 Å². The third-order valence-corrected chi connectivity index (χ3v) is 8.65. The molecule has 2 aromatic rings. The van der Waals surface area contributed by atoms with E-state index in [0.717, 1.165) is 25.9 Å². The number of hydrogen-bond acceptors (Lipinski definition) is 8. The van der Waals surface area contributed by atoms with Crippen molar-refractivity contribution < 1.29 is 4.74 Å². The predicted molar refractivity (Wildman–Crippen MR) is 129 cm³/mol. The number of nitrogen functional groups attached to an aromatic ring is 1. The van der Waals surface area contributed by atoms with E-state index in [-0.39, 0.29) is 22.8 Å². The van der Waals surface area contributed by atoms with Crippen LogP contribution in [0.25, 0.3) is 0 Å². The SMILES string of the molecule is CCOc1nccc(Sc2c(N)nc(N3CCC4(CC[C@@H](C)[C@H]4N)CC3)n(C)c2=O)c1Cl. The van der Waals surface area contributed by atoms with E-state index in [0.29, 0.717) is 39.2 Å². The number of nitrogens with zero attached hydrogens (tertiary/aromatic N) is 4. The van der Waals surface area contributed by atoms with Crippen molar-refractivity contribution in [3.63, 3.8) is 0 Å². The molecule has 4 N–H and O–H groups in total. The van der Waals surface area contributed by atoms with E-state index < -0.39 is 0 Å². The van der Waals surface area contributed by atoms with E-state index >= 15 is 0 Å². The lowest BCUT2D eigenvalue weighted by molar-refractivity contribution is 0.185. The van der Waals surface area contributed by atoms with Gasteiger partial charge in [0.25, 0.3) is 5.56 Å². The van der Waals surface area contributed by atoms with Crippen LogP contribution in [0.2, 0.25) is 5.02 Å². The Balaban J connectivity index is 1.57. The Morgan fingerprint density at radius 1 is 1.34 bits per heavy atom. The fourth-order valence-electron chi connectivity index (χ4n) is 5.00. The van der Waals surface area contributed by atoms with Gasteiger partial charge in [-0.1, -0.05) is 30.3 Å². The standard InChI is InChI=1S/C22H31ClN6O2S/c1-4-31-19-15(23)14(6-10-26-19)32-16-18(25)27-21(28(3)20(16)30)29-11-8-22(9-12-29)7-5-13(2)17(22)24/h6,10,13,17H,4-5,7-9,11-12,24-25H2,1-3H3/t13-,17-/m1/s1. The summed E-state index contributed by atoms with van der Waals surface area (Å²) >= 11 is 7.60. The molecule has 2 aromatic heterocycles. The molecule has 1 saturated carbocycles. The van der Waals surface area contributed by atoms with E-state index in [2.05, 4.69) is 21.8 Å². The molecule has 0 bridgehead atoms. The number of ether oxygens (including phenoxy) is 1. The first-order valence-electron chi connectivity index (χ1n) is 11.1. The maximum atomic E-state index is 13.2. The Bertz CT molecular complexity index is 1050. The Labute approximate surface area is 197 Å². The van der Waals surface area contributed by atoms with Gasteiger partial charge < -0.3 is 21.1 Å². The first kappa shape index (κ1) is 23.2. The molecule has 0 aromatic carbocycles. The number of pyridine rings is 1. The average Bonchev–Trinajstić information content (AvgIpc) is 3.05. The number of halogens is 1. The molecule has 1 spiro atoms. The molecular formula is C22H31ClN6O2S. The van der Waals surface area contributed by atoms with Crippen molar-refractivity contribution in [3.05, 3.63) is 27.6 Å². The summed E-state index contributed by atoms with van der Waals surface area (Å²) in [6.45, 7) is 6.20. The second-order valence-corrected chi connectivity index (χ2v) is 10.3. The monoisotopic (exact) mass is 478 g/mol. The Hall–Kier alpha value is -1.97. The summed E-state index contributed by atoms with van der Waals surface area (Å²) in [5.74, 6) is 1.70. The van der Waals surface area contributed by atoms with Crippen LogP contribution in [0.3, 0.4) is 0 Å². The van der Waals surface area contributed by atoms with Gasteiger partial charge in [-0.3, -0.25) is 9.36 Å². The highest BCUT2D eigenvalue weighted by molar-refractivity contribution is 7.99. The zero-order chi connectivity index (χ0) is 23.0. The smallest absolute Gasteiger partial charge is 0.270 e. The summed E-state index contributed by atoms with van der Waals surface area (Å²) in [7, 11) is 1.74. The minimum absolute atomic E-state index is 0.199. The van der Waals surface area contributed by atoms with Gasteiger partial charge in [0, 0.05) is 37.3 Å². The van der Waals surface area contributed by atoms with E-state index in [4.69, 9.17) is 27.8 Å². The van der Waals surface area contributed by atoms with Gasteiger partial charge in [0.2, 0.25) is 11.8 Å². The molecule has 8 nitrogen and oxygen atoms in total. The fraction of sp³-hybridized carbons (Fsp3) is 0.591. The maximum absolute atomic E-state index is 13.2. The zero-order valence-electron chi connectivity index (χ0n) is 18.8. The van der Waals surface area contributed by atoms with Crippen molar-refractivity contribution in [1.82, 2.24) is 14.5 Å². The lowest BCUT2D eigenvalue weighted by Crippen LogP contribution is -2.49. The summed E-state index contributed by atoms with van der Waals surface area (Å²) in [5.41, 5.74) is 12.8. The second kappa shape index (κ2) is 9.11. The van der Waals surface area contributed by atoms with Crippen LogP contribution in [0.5, 0.6) is 5.88 Å². The summed E-state index contributed by atoms with van der Waals surface area (Å²) in [4.78, 5) is 25.1. The van der Waals surface area contributed by atoms with Crippen LogP contribution < -0.4 is 26.7 Å². The van der Waals surface area contributed by atoms with Crippen LogP contribution in [0.15, 0.2) is 26.8 Å². The van der Waals surface area contributed by atoms with E-state index in [1.807, 2.05) is 6.92 Å². The Morgan fingerprint density at radius 3 is 2.69 bits per heavy atom. The lowest BCUT2D eigenvalue weighted by atomic mass is 9.73. The van der Waals surface area contributed by atoms with E-state index in [1.165, 1.54) is 24.6 Å². The Morgan fingerprint density at radius 2 is 2.06 bits per heavy atom. The molecule has 3 heterocycles. The highest BCUT2D eigenvalue weighted by atomic mass is 35.5. The van der Waals surface area contributed by atoms with Crippen molar-refractivity contribution in [2.75, 3.05) is 30.3 Å². The summed E-state index contributed by atoms with van der Waals surface area (Å²) in [6.07, 6.45) is 6.00. The summed E-state index contributed by atoms with van der Waals surface area (Å²) in [6, 6.07) is 1.98. The number of hydrogen-bond donors (Lipinski definition) is 2. The largest absolute Gasteiger partial charge is 0.477 e. The molecule has 2 aliphatic rings. The van der Waals surface area contributed by atoms with Gasteiger partial charge in [-0.25, -0.2) is 4.98 Å². The van der Waals surface area contributed by atoms with Crippen LogP contribution >= 0.6 is 23.4 Å². The number of rotatable bonds is 5. The lowest BCUT2D eigenvalue weighted by Gasteiger charge is -2.43. The van der Waals surface area contributed by atoms with Crippen molar-refractivity contribution >= 4 is 35.1 Å². The van der Waals surface area contributed by atoms with Crippen LogP contribution in [0, 0.1) is 11.3 Å².